The molecule has 0 aliphatic rings. The molecule has 4 heteroatoms. The number of benzene rings is 2. The van der Waals surface area contributed by atoms with Crippen LogP contribution in [-0.4, -0.2) is 16.1 Å². The van der Waals surface area contributed by atoms with Gasteiger partial charge in [0.25, 0.3) is 0 Å². The monoisotopic (exact) mass is 279 g/mol. The Labute approximate surface area is 121 Å². The number of hydrogen-bond donors (Lipinski definition) is 1. The molecule has 3 aromatic rings. The number of carbonyl (C=O) groups is 1. The quantitative estimate of drug-likeness (QED) is 0.792. The number of carboxylic acid groups (broad SMARTS) is 1. The smallest absolute Gasteiger partial charge is 0.311 e. The molecule has 0 fully saturated rings. The van der Waals surface area contributed by atoms with E-state index in [-0.39, 0.29) is 6.42 Å². The van der Waals surface area contributed by atoms with E-state index in [4.69, 9.17) is 9.52 Å². The molecule has 1 aromatic heterocycles. The van der Waals surface area contributed by atoms with E-state index in [1.54, 1.807) is 0 Å². The zero-order valence-corrected chi connectivity index (χ0v) is 11.2. The van der Waals surface area contributed by atoms with Crippen LogP contribution in [0, 0.1) is 0 Å². The highest BCUT2D eigenvalue weighted by Gasteiger charge is 2.18. The third-order valence-electron chi connectivity index (χ3n) is 3.08. The van der Waals surface area contributed by atoms with Gasteiger partial charge in [0.15, 0.2) is 0 Å². The van der Waals surface area contributed by atoms with Crippen LogP contribution in [0.4, 0.5) is 0 Å². The van der Waals surface area contributed by atoms with Crippen molar-refractivity contribution in [3.05, 3.63) is 66.4 Å². The van der Waals surface area contributed by atoms with E-state index >= 15 is 0 Å². The van der Waals surface area contributed by atoms with Gasteiger partial charge in [-0.3, -0.25) is 4.79 Å². The molecule has 1 heterocycles. The average molecular weight is 279 g/mol. The normalized spacial score (nSPS) is 10.5. The molecule has 0 bridgehead atoms. The molecule has 0 spiro atoms. The first kappa shape index (κ1) is 13.1. The number of hydrogen-bond acceptors (Lipinski definition) is 3. The second-order valence-corrected chi connectivity index (χ2v) is 4.59. The highest BCUT2D eigenvalue weighted by molar-refractivity contribution is 5.74. The molecular weight excluding hydrogens is 266 g/mol. The summed E-state index contributed by atoms with van der Waals surface area (Å²) in [4.78, 5) is 15.5. The van der Waals surface area contributed by atoms with Crippen LogP contribution < -0.4 is 0 Å². The van der Waals surface area contributed by atoms with Gasteiger partial charge in [-0.1, -0.05) is 48.5 Å². The minimum absolute atomic E-state index is 0.190. The summed E-state index contributed by atoms with van der Waals surface area (Å²) < 4.78 is 5.67. The molecule has 0 saturated carbocycles. The average Bonchev–Trinajstić information content (AvgIpc) is 2.92. The highest BCUT2D eigenvalue weighted by atomic mass is 16.4. The Morgan fingerprint density at radius 2 is 1.52 bits per heavy atom. The van der Waals surface area contributed by atoms with Crippen molar-refractivity contribution in [1.29, 1.82) is 0 Å². The molecule has 0 atom stereocenters. The first-order chi connectivity index (χ1) is 10.2. The predicted molar refractivity (Wildman–Crippen MR) is 78.7 cm³/mol. The van der Waals surface area contributed by atoms with Gasteiger partial charge in [-0.2, -0.15) is 0 Å². The Morgan fingerprint density at radius 3 is 2.10 bits per heavy atom. The van der Waals surface area contributed by atoms with Crippen molar-refractivity contribution in [1.82, 2.24) is 4.98 Å². The van der Waals surface area contributed by atoms with E-state index in [0.29, 0.717) is 17.3 Å². The fourth-order valence-corrected chi connectivity index (χ4v) is 2.13. The largest absolute Gasteiger partial charge is 0.481 e. The molecule has 0 unspecified atom stereocenters. The number of rotatable bonds is 4. The van der Waals surface area contributed by atoms with Crippen molar-refractivity contribution in [2.45, 2.75) is 6.42 Å². The number of aliphatic carboxylic acids is 1. The first-order valence-electron chi connectivity index (χ1n) is 6.56. The van der Waals surface area contributed by atoms with Crippen LogP contribution in [0.2, 0.25) is 0 Å². The van der Waals surface area contributed by atoms with Gasteiger partial charge in [0.05, 0.1) is 0 Å². The third-order valence-corrected chi connectivity index (χ3v) is 3.08. The van der Waals surface area contributed by atoms with Gasteiger partial charge in [-0.05, 0) is 12.1 Å². The van der Waals surface area contributed by atoms with Gasteiger partial charge >= 0.3 is 5.97 Å². The zero-order chi connectivity index (χ0) is 14.7. The Bertz CT molecular complexity index is 748. The summed E-state index contributed by atoms with van der Waals surface area (Å²) in [6.45, 7) is 0. The summed E-state index contributed by atoms with van der Waals surface area (Å²) in [5, 5.41) is 9.03. The lowest BCUT2D eigenvalue weighted by Gasteiger charge is -1.97. The second-order valence-electron chi connectivity index (χ2n) is 4.59. The van der Waals surface area contributed by atoms with E-state index in [1.165, 1.54) is 0 Å². The molecule has 0 aliphatic heterocycles. The zero-order valence-electron chi connectivity index (χ0n) is 11.2. The van der Waals surface area contributed by atoms with Crippen LogP contribution in [0.1, 0.15) is 5.76 Å². The van der Waals surface area contributed by atoms with Crippen LogP contribution in [-0.2, 0) is 11.2 Å². The first-order valence-corrected chi connectivity index (χ1v) is 6.56. The lowest BCUT2D eigenvalue weighted by molar-refractivity contribution is -0.136. The number of oxazole rings is 1. The molecule has 1 N–H and O–H groups in total. The summed E-state index contributed by atoms with van der Waals surface area (Å²) in [5.41, 5.74) is 2.25. The van der Waals surface area contributed by atoms with Crippen LogP contribution in [0.25, 0.3) is 22.7 Å². The highest BCUT2D eigenvalue weighted by Crippen LogP contribution is 2.29. The van der Waals surface area contributed by atoms with Crippen LogP contribution in [0.15, 0.2) is 65.1 Å². The van der Waals surface area contributed by atoms with E-state index in [0.717, 1.165) is 11.1 Å². The van der Waals surface area contributed by atoms with Gasteiger partial charge in [0, 0.05) is 11.1 Å². The number of nitrogens with zero attached hydrogens (tertiary/aromatic N) is 1. The van der Waals surface area contributed by atoms with Gasteiger partial charge in [0.2, 0.25) is 5.89 Å². The van der Waals surface area contributed by atoms with Crippen molar-refractivity contribution < 1.29 is 14.3 Å². The minimum Gasteiger partial charge on any atom is -0.481 e. The Balaban J connectivity index is 2.10. The summed E-state index contributed by atoms with van der Waals surface area (Å²) in [6.07, 6.45) is -0.190. The van der Waals surface area contributed by atoms with Gasteiger partial charge in [0.1, 0.15) is 17.9 Å². The maximum Gasteiger partial charge on any atom is 0.311 e. The van der Waals surface area contributed by atoms with E-state index < -0.39 is 5.97 Å². The molecule has 0 saturated heterocycles. The van der Waals surface area contributed by atoms with Crippen LogP contribution >= 0.6 is 0 Å². The molecule has 3 rings (SSSR count). The van der Waals surface area contributed by atoms with Crippen molar-refractivity contribution in [2.24, 2.45) is 0 Å². The SMILES string of the molecule is O=C(O)Cc1oc(-c2ccccc2)nc1-c1ccccc1. The summed E-state index contributed by atoms with van der Waals surface area (Å²) in [5.74, 6) is -0.138. The number of aromatic nitrogens is 1. The fraction of sp³-hybridized carbons (Fsp3) is 0.0588. The van der Waals surface area contributed by atoms with Crippen molar-refractivity contribution in [3.8, 4) is 22.7 Å². The van der Waals surface area contributed by atoms with E-state index in [2.05, 4.69) is 4.98 Å². The van der Waals surface area contributed by atoms with Gasteiger partial charge < -0.3 is 9.52 Å². The Hall–Kier alpha value is -2.88. The van der Waals surface area contributed by atoms with E-state index in [9.17, 15) is 4.79 Å². The summed E-state index contributed by atoms with van der Waals surface area (Å²) >= 11 is 0. The lowest BCUT2D eigenvalue weighted by Crippen LogP contribution is -2.00. The molecule has 0 radical (unpaired) electrons. The van der Waals surface area contributed by atoms with Gasteiger partial charge in [-0.15, -0.1) is 0 Å². The second kappa shape index (κ2) is 5.63. The van der Waals surface area contributed by atoms with Crippen LogP contribution in [0.5, 0.6) is 0 Å². The maximum atomic E-state index is 11.0. The molecular formula is C17H13NO3. The topological polar surface area (TPSA) is 63.3 Å². The summed E-state index contributed by atoms with van der Waals surface area (Å²) in [6, 6.07) is 18.9. The Morgan fingerprint density at radius 1 is 0.952 bits per heavy atom. The molecule has 21 heavy (non-hydrogen) atoms. The molecule has 2 aromatic carbocycles. The molecule has 0 aliphatic carbocycles. The van der Waals surface area contributed by atoms with Crippen molar-refractivity contribution in [3.63, 3.8) is 0 Å². The molecule has 104 valence electrons. The number of carboxylic acids is 1. The summed E-state index contributed by atoms with van der Waals surface area (Å²) in [7, 11) is 0. The van der Waals surface area contributed by atoms with Crippen molar-refractivity contribution in [2.75, 3.05) is 0 Å². The third kappa shape index (κ3) is 2.84. The maximum absolute atomic E-state index is 11.0. The Kier molecular flexibility index (Phi) is 3.51. The van der Waals surface area contributed by atoms with Crippen LogP contribution in [0.3, 0.4) is 0 Å². The minimum atomic E-state index is -0.942. The lowest BCUT2D eigenvalue weighted by atomic mass is 10.1. The van der Waals surface area contributed by atoms with Crippen molar-refractivity contribution >= 4 is 5.97 Å². The predicted octanol–water partition coefficient (Wildman–Crippen LogP) is 3.64. The standard InChI is InChI=1S/C17H13NO3/c19-15(20)11-14-16(12-7-3-1-4-8-12)18-17(21-14)13-9-5-2-6-10-13/h1-10H,11H2,(H,19,20). The molecule has 4 nitrogen and oxygen atoms in total. The van der Waals surface area contributed by atoms with E-state index in [1.807, 2.05) is 60.7 Å². The fourth-order valence-electron chi connectivity index (χ4n) is 2.13. The van der Waals surface area contributed by atoms with Gasteiger partial charge in [-0.25, -0.2) is 4.98 Å². The molecule has 0 amide bonds.